The molecule has 1 aromatic heterocycles. The summed E-state index contributed by atoms with van der Waals surface area (Å²) in [5.41, 5.74) is 5.03. The molecule has 0 unspecified atom stereocenters. The van der Waals surface area contributed by atoms with Crippen LogP contribution in [0.1, 0.15) is 23.1 Å². The second-order valence-electron chi connectivity index (χ2n) is 8.36. The highest BCUT2D eigenvalue weighted by Gasteiger charge is 2.35. The van der Waals surface area contributed by atoms with Crippen LogP contribution >= 0.6 is 0 Å². The topological polar surface area (TPSA) is 103 Å². The summed E-state index contributed by atoms with van der Waals surface area (Å²) < 4.78 is 0. The third-order valence-corrected chi connectivity index (χ3v) is 5.95. The number of amides is 4. The Morgan fingerprint density at radius 2 is 1.71 bits per heavy atom. The zero-order valence-electron chi connectivity index (χ0n) is 19.2. The molecular formula is C26H27N5O3. The molecule has 0 aliphatic carbocycles. The molecule has 8 nitrogen and oxygen atoms in total. The van der Waals surface area contributed by atoms with Gasteiger partial charge in [-0.1, -0.05) is 18.2 Å². The highest BCUT2D eigenvalue weighted by molar-refractivity contribution is 6.04. The summed E-state index contributed by atoms with van der Waals surface area (Å²) >= 11 is 0. The highest BCUT2D eigenvalue weighted by Crippen LogP contribution is 2.30. The van der Waals surface area contributed by atoms with Crippen LogP contribution in [0.2, 0.25) is 0 Å². The molecule has 34 heavy (non-hydrogen) atoms. The third-order valence-electron chi connectivity index (χ3n) is 5.95. The van der Waals surface area contributed by atoms with Crippen molar-refractivity contribution in [2.45, 2.75) is 26.8 Å². The molecule has 8 heteroatoms. The van der Waals surface area contributed by atoms with Crippen molar-refractivity contribution in [1.29, 1.82) is 0 Å². The molecule has 0 radical (unpaired) electrons. The van der Waals surface area contributed by atoms with E-state index in [-0.39, 0.29) is 24.3 Å². The van der Waals surface area contributed by atoms with Gasteiger partial charge < -0.3 is 20.9 Å². The van der Waals surface area contributed by atoms with Crippen molar-refractivity contribution in [3.05, 3.63) is 83.7 Å². The van der Waals surface area contributed by atoms with Crippen LogP contribution in [0.25, 0.3) is 0 Å². The van der Waals surface area contributed by atoms with Crippen molar-refractivity contribution in [3.8, 4) is 0 Å². The van der Waals surface area contributed by atoms with Crippen molar-refractivity contribution in [1.82, 2.24) is 10.3 Å². The first-order valence-electron chi connectivity index (χ1n) is 11.1. The van der Waals surface area contributed by atoms with Crippen molar-refractivity contribution in [3.63, 3.8) is 0 Å². The van der Waals surface area contributed by atoms with Crippen LogP contribution in [0.4, 0.5) is 21.9 Å². The lowest BCUT2D eigenvalue weighted by molar-refractivity contribution is -0.122. The van der Waals surface area contributed by atoms with Gasteiger partial charge in [0.1, 0.15) is 0 Å². The minimum atomic E-state index is -0.451. The van der Waals surface area contributed by atoms with Crippen molar-refractivity contribution >= 4 is 34.9 Å². The van der Waals surface area contributed by atoms with Gasteiger partial charge in [0, 0.05) is 49.0 Å². The predicted molar refractivity (Wildman–Crippen MR) is 132 cm³/mol. The van der Waals surface area contributed by atoms with Crippen LogP contribution < -0.4 is 20.9 Å². The molecule has 0 bridgehead atoms. The minimum Gasteiger partial charge on any atom is -0.334 e. The minimum absolute atomic E-state index is 0.0601. The zero-order valence-corrected chi connectivity index (χ0v) is 19.2. The van der Waals surface area contributed by atoms with Crippen molar-refractivity contribution in [2.24, 2.45) is 5.92 Å². The van der Waals surface area contributed by atoms with E-state index in [9.17, 15) is 14.4 Å². The quantitative estimate of drug-likeness (QED) is 0.520. The largest absolute Gasteiger partial charge is 0.334 e. The molecule has 4 amide bonds. The Hall–Kier alpha value is -4.20. The Labute approximate surface area is 198 Å². The lowest BCUT2D eigenvalue weighted by atomic mass is 10.1. The number of benzene rings is 2. The summed E-state index contributed by atoms with van der Waals surface area (Å²) in [6.45, 7) is 4.70. The van der Waals surface area contributed by atoms with Gasteiger partial charge in [0.15, 0.2) is 0 Å². The van der Waals surface area contributed by atoms with Gasteiger partial charge in [-0.15, -0.1) is 0 Å². The fourth-order valence-corrected chi connectivity index (χ4v) is 3.92. The van der Waals surface area contributed by atoms with Gasteiger partial charge in [0.2, 0.25) is 11.8 Å². The molecule has 0 saturated carbocycles. The van der Waals surface area contributed by atoms with E-state index < -0.39 is 5.92 Å². The van der Waals surface area contributed by atoms with E-state index in [2.05, 4.69) is 20.9 Å². The monoisotopic (exact) mass is 457 g/mol. The second kappa shape index (κ2) is 10.2. The molecule has 3 N–H and O–H groups in total. The van der Waals surface area contributed by atoms with Gasteiger partial charge in [-0.25, -0.2) is 4.79 Å². The average Bonchev–Trinajstić information content (AvgIpc) is 3.22. The number of aromatic nitrogens is 1. The molecule has 2 heterocycles. The standard InChI is InChI=1S/C26H27N5O3/c1-17-5-3-8-23(18(17)2)31-16-20(13-24(31)32)25(33)29-21-6-4-7-22(14-21)30-26(34)28-15-19-9-11-27-12-10-19/h3-12,14,20H,13,15-16H2,1-2H3,(H,29,33)(H2,28,30,34)/t20-/m1/s1. The van der Waals surface area contributed by atoms with E-state index in [0.717, 1.165) is 22.4 Å². The molecule has 1 atom stereocenters. The number of pyridine rings is 1. The van der Waals surface area contributed by atoms with Crippen LogP contribution in [0.15, 0.2) is 67.0 Å². The fraction of sp³-hybridized carbons (Fsp3) is 0.231. The molecule has 2 aromatic carbocycles. The van der Waals surface area contributed by atoms with Crippen LogP contribution in [0.3, 0.4) is 0 Å². The van der Waals surface area contributed by atoms with Gasteiger partial charge in [0.05, 0.1) is 5.92 Å². The molecule has 0 spiro atoms. The number of hydrogen-bond donors (Lipinski definition) is 3. The van der Waals surface area contributed by atoms with Crippen molar-refractivity contribution < 1.29 is 14.4 Å². The van der Waals surface area contributed by atoms with Crippen LogP contribution in [-0.4, -0.2) is 29.4 Å². The smallest absolute Gasteiger partial charge is 0.319 e. The Bertz CT molecular complexity index is 1210. The summed E-state index contributed by atoms with van der Waals surface area (Å²) in [6, 6.07) is 16.0. The predicted octanol–water partition coefficient (Wildman–Crippen LogP) is 4.01. The van der Waals surface area contributed by atoms with Gasteiger partial charge in [-0.3, -0.25) is 14.6 Å². The van der Waals surface area contributed by atoms with E-state index in [1.54, 1.807) is 41.6 Å². The number of carbonyl (C=O) groups is 3. The number of hydrogen-bond acceptors (Lipinski definition) is 4. The molecule has 3 aromatic rings. The Morgan fingerprint density at radius 1 is 1.00 bits per heavy atom. The summed E-state index contributed by atoms with van der Waals surface area (Å²) in [6.07, 6.45) is 3.50. The first-order valence-corrected chi connectivity index (χ1v) is 11.1. The van der Waals surface area contributed by atoms with Crippen LogP contribution in [0.5, 0.6) is 0 Å². The third kappa shape index (κ3) is 5.40. The summed E-state index contributed by atoms with van der Waals surface area (Å²) in [7, 11) is 0. The Balaban J connectivity index is 1.34. The average molecular weight is 458 g/mol. The number of carbonyl (C=O) groups excluding carboxylic acids is 3. The van der Waals surface area contributed by atoms with E-state index in [4.69, 9.17) is 0 Å². The molecule has 1 aliphatic rings. The first-order chi connectivity index (χ1) is 16.4. The maximum absolute atomic E-state index is 12.9. The normalized spacial score (nSPS) is 15.2. The highest BCUT2D eigenvalue weighted by atomic mass is 16.2. The first kappa shape index (κ1) is 23.0. The van der Waals surface area contributed by atoms with Crippen LogP contribution in [0, 0.1) is 19.8 Å². The van der Waals surface area contributed by atoms with E-state index in [0.29, 0.717) is 24.5 Å². The van der Waals surface area contributed by atoms with Gasteiger partial charge in [0.25, 0.3) is 0 Å². The number of nitrogens with zero attached hydrogens (tertiary/aromatic N) is 2. The van der Waals surface area contributed by atoms with Gasteiger partial charge >= 0.3 is 6.03 Å². The second-order valence-corrected chi connectivity index (χ2v) is 8.36. The summed E-state index contributed by atoms with van der Waals surface area (Å²) in [5.74, 6) is -0.733. The molecule has 1 fully saturated rings. The maximum atomic E-state index is 12.9. The zero-order chi connectivity index (χ0) is 24.1. The lowest BCUT2D eigenvalue weighted by Crippen LogP contribution is -2.29. The fourth-order valence-electron chi connectivity index (χ4n) is 3.92. The summed E-state index contributed by atoms with van der Waals surface area (Å²) in [5, 5.41) is 8.42. The van der Waals surface area contributed by atoms with Gasteiger partial charge in [-0.05, 0) is 66.9 Å². The van der Waals surface area contributed by atoms with E-state index in [1.807, 2.05) is 44.2 Å². The summed E-state index contributed by atoms with van der Waals surface area (Å²) in [4.78, 5) is 43.4. The molecule has 1 aliphatic heterocycles. The maximum Gasteiger partial charge on any atom is 0.319 e. The lowest BCUT2D eigenvalue weighted by Gasteiger charge is -2.20. The molecule has 4 rings (SSSR count). The van der Waals surface area contributed by atoms with Crippen molar-refractivity contribution in [2.75, 3.05) is 22.1 Å². The number of rotatable bonds is 6. The van der Waals surface area contributed by atoms with E-state index >= 15 is 0 Å². The molecule has 174 valence electrons. The SMILES string of the molecule is Cc1cccc(N2C[C@H](C(=O)Nc3cccc(NC(=O)NCc4ccncc4)c3)CC2=O)c1C. The Kier molecular flexibility index (Phi) is 6.87. The molecule has 1 saturated heterocycles. The number of urea groups is 1. The van der Waals surface area contributed by atoms with Gasteiger partial charge in [-0.2, -0.15) is 0 Å². The number of nitrogens with one attached hydrogen (secondary N) is 3. The number of anilines is 3. The Morgan fingerprint density at radius 3 is 2.47 bits per heavy atom. The molecular weight excluding hydrogens is 430 g/mol. The van der Waals surface area contributed by atoms with E-state index in [1.165, 1.54) is 0 Å². The number of aryl methyl sites for hydroxylation is 1. The van der Waals surface area contributed by atoms with Crippen LogP contribution in [-0.2, 0) is 16.1 Å².